The van der Waals surface area contributed by atoms with Crippen LogP contribution in [-0.2, 0) is 32.3 Å². The Kier molecular flexibility index (Phi) is 11.6. The van der Waals surface area contributed by atoms with Crippen molar-refractivity contribution in [1.82, 2.24) is 21.3 Å². The van der Waals surface area contributed by atoms with E-state index in [2.05, 4.69) is 21.3 Å². The molecule has 0 aliphatic carbocycles. The molecule has 10 nitrogen and oxygen atoms in total. The van der Waals surface area contributed by atoms with Crippen molar-refractivity contribution in [3.8, 4) is 0 Å². The van der Waals surface area contributed by atoms with E-state index in [4.69, 9.17) is 9.47 Å². The molecule has 4 amide bonds. The largest absolute Gasteiger partial charge is 0.445 e. The number of benzene rings is 2. The normalized spacial score (nSPS) is 13.3. The van der Waals surface area contributed by atoms with Gasteiger partial charge in [0.1, 0.15) is 25.3 Å². The van der Waals surface area contributed by atoms with Crippen LogP contribution in [0.15, 0.2) is 60.7 Å². The van der Waals surface area contributed by atoms with Gasteiger partial charge in [0.2, 0.25) is 11.8 Å². The van der Waals surface area contributed by atoms with Gasteiger partial charge in [-0.1, -0.05) is 60.7 Å². The standard InChI is InChI=1S/C28H38N4O6/c1-19(29-24(33)20(2)30-26(35)37-17-22-12-8-6-9-13-22)16-28(4,5)32-25(34)21(3)31-27(36)38-18-23-14-10-7-11-15-23/h6-15,19-21H,16-18H2,1-5H3,(H,29,33)(H,30,35)(H,31,36)(H,32,34)/t19?,20?,21-/m0/s1. The molecule has 4 N–H and O–H groups in total. The molecule has 2 unspecified atom stereocenters. The molecule has 38 heavy (non-hydrogen) atoms. The second-order valence-corrected chi connectivity index (χ2v) is 9.84. The van der Waals surface area contributed by atoms with Crippen molar-refractivity contribution in [2.45, 2.75) is 77.9 Å². The first-order valence-electron chi connectivity index (χ1n) is 12.5. The zero-order valence-electron chi connectivity index (χ0n) is 22.6. The number of ether oxygens (including phenoxy) is 2. The Morgan fingerprint density at radius 1 is 0.684 bits per heavy atom. The molecule has 2 rings (SSSR count). The highest BCUT2D eigenvalue weighted by Crippen LogP contribution is 2.12. The van der Waals surface area contributed by atoms with Crippen LogP contribution in [0.25, 0.3) is 0 Å². The van der Waals surface area contributed by atoms with E-state index in [0.717, 1.165) is 11.1 Å². The topological polar surface area (TPSA) is 135 Å². The molecular formula is C28H38N4O6. The van der Waals surface area contributed by atoms with E-state index in [1.165, 1.54) is 0 Å². The maximum atomic E-state index is 12.6. The Hall–Kier alpha value is -4.08. The van der Waals surface area contributed by atoms with Crippen LogP contribution in [0.1, 0.15) is 52.2 Å². The molecule has 3 atom stereocenters. The Morgan fingerprint density at radius 2 is 1.11 bits per heavy atom. The summed E-state index contributed by atoms with van der Waals surface area (Å²) < 4.78 is 10.3. The van der Waals surface area contributed by atoms with Gasteiger partial charge in [-0.3, -0.25) is 9.59 Å². The molecule has 0 radical (unpaired) electrons. The summed E-state index contributed by atoms with van der Waals surface area (Å²) in [5, 5.41) is 10.7. The predicted molar refractivity (Wildman–Crippen MR) is 143 cm³/mol. The maximum Gasteiger partial charge on any atom is 0.408 e. The van der Waals surface area contributed by atoms with Gasteiger partial charge >= 0.3 is 12.2 Å². The van der Waals surface area contributed by atoms with Gasteiger partial charge in [0.25, 0.3) is 0 Å². The number of carbonyl (C=O) groups is 4. The third-order valence-electron chi connectivity index (χ3n) is 5.55. The van der Waals surface area contributed by atoms with Crippen molar-refractivity contribution in [2.75, 3.05) is 0 Å². The van der Waals surface area contributed by atoms with Crippen LogP contribution in [0.2, 0.25) is 0 Å². The molecular weight excluding hydrogens is 488 g/mol. The third kappa shape index (κ3) is 11.3. The van der Waals surface area contributed by atoms with E-state index in [1.807, 2.05) is 74.5 Å². The monoisotopic (exact) mass is 526 g/mol. The molecule has 0 spiro atoms. The van der Waals surface area contributed by atoms with E-state index in [-0.39, 0.29) is 31.1 Å². The van der Waals surface area contributed by atoms with Crippen molar-refractivity contribution in [2.24, 2.45) is 0 Å². The van der Waals surface area contributed by atoms with E-state index in [1.54, 1.807) is 20.8 Å². The van der Waals surface area contributed by atoms with Crippen LogP contribution >= 0.6 is 0 Å². The van der Waals surface area contributed by atoms with E-state index < -0.39 is 29.8 Å². The minimum atomic E-state index is -0.825. The number of nitrogens with one attached hydrogen (secondary N) is 4. The van der Waals surface area contributed by atoms with Gasteiger partial charge < -0.3 is 30.7 Å². The number of rotatable bonds is 12. The fourth-order valence-corrected chi connectivity index (χ4v) is 3.69. The van der Waals surface area contributed by atoms with Crippen molar-refractivity contribution >= 4 is 24.0 Å². The van der Waals surface area contributed by atoms with Crippen LogP contribution in [0.4, 0.5) is 9.59 Å². The van der Waals surface area contributed by atoms with E-state index in [9.17, 15) is 19.2 Å². The molecule has 0 aliphatic rings. The lowest BCUT2D eigenvalue weighted by Crippen LogP contribution is -2.55. The van der Waals surface area contributed by atoms with Gasteiger partial charge in [-0.05, 0) is 52.2 Å². The first-order valence-corrected chi connectivity index (χ1v) is 12.5. The minimum absolute atomic E-state index is 0.0990. The van der Waals surface area contributed by atoms with Crippen LogP contribution in [0.5, 0.6) is 0 Å². The van der Waals surface area contributed by atoms with Crippen LogP contribution in [-0.4, -0.2) is 47.7 Å². The zero-order chi connectivity index (χ0) is 28.1. The second-order valence-electron chi connectivity index (χ2n) is 9.84. The summed E-state index contributed by atoms with van der Waals surface area (Å²) in [5.41, 5.74) is 0.982. The molecule has 0 aliphatic heterocycles. The summed E-state index contributed by atoms with van der Waals surface area (Å²) in [6, 6.07) is 16.5. The minimum Gasteiger partial charge on any atom is -0.445 e. The van der Waals surface area contributed by atoms with E-state index >= 15 is 0 Å². The molecule has 0 saturated heterocycles. The van der Waals surface area contributed by atoms with Crippen LogP contribution < -0.4 is 21.3 Å². The molecule has 0 bridgehead atoms. The summed E-state index contributed by atoms with van der Waals surface area (Å²) in [4.78, 5) is 49.2. The van der Waals surface area contributed by atoms with Gasteiger partial charge in [-0.25, -0.2) is 9.59 Å². The second kappa shape index (κ2) is 14.6. The lowest BCUT2D eigenvalue weighted by Gasteiger charge is -2.31. The quantitative estimate of drug-likeness (QED) is 0.335. The molecule has 0 fully saturated rings. The molecule has 206 valence electrons. The Labute approximate surface area is 223 Å². The SMILES string of the molecule is CC(CC(C)(C)NC(=O)[C@H](C)NC(=O)OCc1ccccc1)NC(=O)C(C)NC(=O)OCc1ccccc1. The molecule has 2 aromatic rings. The smallest absolute Gasteiger partial charge is 0.408 e. The van der Waals surface area contributed by atoms with Gasteiger partial charge in [0, 0.05) is 11.6 Å². The molecule has 0 heterocycles. The lowest BCUT2D eigenvalue weighted by atomic mass is 9.95. The summed E-state index contributed by atoms with van der Waals surface area (Å²) in [6.07, 6.45) is -0.986. The van der Waals surface area contributed by atoms with Crippen molar-refractivity contribution in [3.05, 3.63) is 71.8 Å². The third-order valence-corrected chi connectivity index (χ3v) is 5.55. The first-order chi connectivity index (χ1) is 17.9. The Balaban J connectivity index is 1.72. The fraction of sp³-hybridized carbons (Fsp3) is 0.429. The Bertz CT molecular complexity index is 1060. The molecule has 10 heteroatoms. The number of carbonyl (C=O) groups excluding carboxylic acids is 4. The highest BCUT2D eigenvalue weighted by atomic mass is 16.6. The molecule has 0 aromatic heterocycles. The molecule has 0 saturated carbocycles. The number of alkyl carbamates (subject to hydrolysis) is 2. The summed E-state index contributed by atoms with van der Waals surface area (Å²) >= 11 is 0. The van der Waals surface area contributed by atoms with Gasteiger partial charge in [0.05, 0.1) is 0 Å². The highest BCUT2D eigenvalue weighted by Gasteiger charge is 2.28. The number of hydrogen-bond donors (Lipinski definition) is 4. The van der Waals surface area contributed by atoms with Crippen LogP contribution in [0.3, 0.4) is 0 Å². The highest BCUT2D eigenvalue weighted by molar-refractivity contribution is 5.86. The average Bonchev–Trinajstić information content (AvgIpc) is 2.86. The number of hydrogen-bond acceptors (Lipinski definition) is 6. The van der Waals surface area contributed by atoms with Crippen LogP contribution in [0, 0.1) is 0 Å². The summed E-state index contributed by atoms with van der Waals surface area (Å²) in [5.74, 6) is -0.770. The number of amides is 4. The average molecular weight is 527 g/mol. The van der Waals surface area contributed by atoms with Crippen molar-refractivity contribution < 1.29 is 28.7 Å². The summed E-state index contributed by atoms with van der Waals surface area (Å²) in [7, 11) is 0. The fourth-order valence-electron chi connectivity index (χ4n) is 3.69. The first kappa shape index (κ1) is 30.1. The molecule has 2 aromatic carbocycles. The van der Waals surface area contributed by atoms with Crippen molar-refractivity contribution in [1.29, 1.82) is 0 Å². The zero-order valence-corrected chi connectivity index (χ0v) is 22.6. The maximum absolute atomic E-state index is 12.6. The summed E-state index contributed by atoms with van der Waals surface area (Å²) in [6.45, 7) is 8.75. The Morgan fingerprint density at radius 3 is 1.55 bits per heavy atom. The van der Waals surface area contributed by atoms with Gasteiger partial charge in [-0.2, -0.15) is 0 Å². The van der Waals surface area contributed by atoms with E-state index in [0.29, 0.717) is 6.42 Å². The van der Waals surface area contributed by atoms with Gasteiger partial charge in [0.15, 0.2) is 0 Å². The lowest BCUT2D eigenvalue weighted by molar-refractivity contribution is -0.124. The predicted octanol–water partition coefficient (Wildman–Crippen LogP) is 3.41. The van der Waals surface area contributed by atoms with Gasteiger partial charge in [-0.15, -0.1) is 0 Å². The van der Waals surface area contributed by atoms with Crippen molar-refractivity contribution in [3.63, 3.8) is 0 Å².